The first-order valence-corrected chi connectivity index (χ1v) is 13.4. The lowest BCUT2D eigenvalue weighted by Gasteiger charge is -2.42. The van der Waals surface area contributed by atoms with Crippen LogP contribution in [0.1, 0.15) is 40.5 Å². The number of carbonyl (C=O) groups is 4. The highest BCUT2D eigenvalue weighted by Gasteiger charge is 2.44. The maximum atomic E-state index is 12.9. The quantitative estimate of drug-likeness (QED) is 0.204. The fourth-order valence-electron chi connectivity index (χ4n) is 4.72. The summed E-state index contributed by atoms with van der Waals surface area (Å²) in [6, 6.07) is 9.81. The fraction of sp³-hybridized carbons (Fsp3) is 0.462. The second-order valence-corrected chi connectivity index (χ2v) is 10.4. The molecule has 1 fully saturated rings. The first kappa shape index (κ1) is 28.0. The number of carbonyl (C=O) groups excluding carboxylic acids is 4. The van der Waals surface area contributed by atoms with Crippen LogP contribution in [0.4, 0.5) is 0 Å². The average Bonchev–Trinajstić information content (AvgIpc) is 2.90. The number of nitrogens with one attached hydrogen (secondary N) is 2. The van der Waals surface area contributed by atoms with E-state index in [0.717, 1.165) is 5.39 Å². The molecular formula is C26H31N3O8S. The van der Waals surface area contributed by atoms with E-state index < -0.39 is 42.3 Å². The number of benzene rings is 2. The molecule has 0 saturated carbocycles. The average molecular weight is 546 g/mol. The first-order chi connectivity index (χ1) is 18.2. The number of thioether (sulfide) groups is 1. The summed E-state index contributed by atoms with van der Waals surface area (Å²) in [6.45, 7) is 1.19. The van der Waals surface area contributed by atoms with Gasteiger partial charge < -0.3 is 30.7 Å². The van der Waals surface area contributed by atoms with Crippen LogP contribution in [0.3, 0.4) is 0 Å². The number of aliphatic hydroxyl groups excluding tert-OH is 3. The van der Waals surface area contributed by atoms with Crippen LogP contribution in [0.25, 0.3) is 10.8 Å². The van der Waals surface area contributed by atoms with Crippen LogP contribution < -0.4 is 10.6 Å². The third-order valence-corrected chi connectivity index (χ3v) is 7.77. The summed E-state index contributed by atoms with van der Waals surface area (Å²) in [5.41, 5.74) is 0.204. The number of hydrogen-bond donors (Lipinski definition) is 5. The molecule has 204 valence electrons. The highest BCUT2D eigenvalue weighted by molar-refractivity contribution is 7.99. The molecule has 4 rings (SSSR count). The number of ether oxygens (including phenoxy) is 1. The third kappa shape index (κ3) is 5.84. The Kier molecular flexibility index (Phi) is 9.00. The summed E-state index contributed by atoms with van der Waals surface area (Å²) >= 11 is 1.18. The molecular weight excluding hydrogens is 514 g/mol. The minimum absolute atomic E-state index is 0.108. The monoisotopic (exact) mass is 545 g/mol. The third-order valence-electron chi connectivity index (χ3n) is 6.60. The molecule has 2 aliphatic heterocycles. The summed E-state index contributed by atoms with van der Waals surface area (Å²) in [6.07, 6.45) is -3.23. The second kappa shape index (κ2) is 12.2. The zero-order chi connectivity index (χ0) is 27.4. The van der Waals surface area contributed by atoms with Gasteiger partial charge in [0.2, 0.25) is 11.8 Å². The summed E-state index contributed by atoms with van der Waals surface area (Å²) in [4.78, 5) is 51.0. The van der Waals surface area contributed by atoms with E-state index in [1.165, 1.54) is 23.6 Å². The Morgan fingerprint density at radius 2 is 1.71 bits per heavy atom. The highest BCUT2D eigenvalue weighted by atomic mass is 32.2. The zero-order valence-electron chi connectivity index (χ0n) is 20.8. The van der Waals surface area contributed by atoms with Gasteiger partial charge in [-0.15, -0.1) is 11.8 Å². The Labute approximate surface area is 223 Å². The SMILES string of the molecule is CC(=O)N[C@@H]1[C@@H](O)[C@H](O)[C@@H](CO)O[C@H]1SCCC(=O)NCCCN1C(=O)c2cccc3cccc(c23)C1=O. The molecule has 0 bridgehead atoms. The van der Waals surface area contributed by atoms with Crippen LogP contribution in [0.5, 0.6) is 0 Å². The first-order valence-electron chi connectivity index (χ1n) is 12.4. The molecule has 2 aromatic rings. The topological polar surface area (TPSA) is 166 Å². The van der Waals surface area contributed by atoms with Crippen LogP contribution in [0.15, 0.2) is 36.4 Å². The van der Waals surface area contributed by atoms with Crippen molar-refractivity contribution in [1.82, 2.24) is 15.5 Å². The molecule has 5 atom stereocenters. The Morgan fingerprint density at radius 1 is 1.05 bits per heavy atom. The minimum atomic E-state index is -1.36. The van der Waals surface area contributed by atoms with E-state index in [0.29, 0.717) is 22.9 Å². The smallest absolute Gasteiger partial charge is 0.261 e. The van der Waals surface area contributed by atoms with Crippen molar-refractivity contribution in [3.8, 4) is 0 Å². The predicted molar refractivity (Wildman–Crippen MR) is 139 cm³/mol. The molecule has 12 heteroatoms. The van der Waals surface area contributed by atoms with Gasteiger partial charge in [-0.05, 0) is 23.9 Å². The maximum Gasteiger partial charge on any atom is 0.261 e. The van der Waals surface area contributed by atoms with Crippen molar-refractivity contribution in [3.05, 3.63) is 47.5 Å². The van der Waals surface area contributed by atoms with Crippen molar-refractivity contribution >= 4 is 46.2 Å². The van der Waals surface area contributed by atoms with E-state index >= 15 is 0 Å². The van der Waals surface area contributed by atoms with Crippen LogP contribution in [0, 0.1) is 0 Å². The number of hydrogen-bond acceptors (Lipinski definition) is 9. The van der Waals surface area contributed by atoms with Crippen LogP contribution in [-0.2, 0) is 14.3 Å². The van der Waals surface area contributed by atoms with Gasteiger partial charge in [-0.2, -0.15) is 0 Å². The molecule has 1 saturated heterocycles. The van der Waals surface area contributed by atoms with Crippen molar-refractivity contribution < 1.29 is 39.2 Å². The van der Waals surface area contributed by atoms with Gasteiger partial charge in [0.25, 0.3) is 11.8 Å². The highest BCUT2D eigenvalue weighted by Crippen LogP contribution is 2.30. The van der Waals surface area contributed by atoms with Crippen LogP contribution in [0.2, 0.25) is 0 Å². The molecule has 0 aliphatic carbocycles. The van der Waals surface area contributed by atoms with Crippen molar-refractivity contribution in [2.45, 2.75) is 49.6 Å². The molecule has 0 spiro atoms. The molecule has 11 nitrogen and oxygen atoms in total. The van der Waals surface area contributed by atoms with Gasteiger partial charge in [0, 0.05) is 48.7 Å². The van der Waals surface area contributed by atoms with Gasteiger partial charge in [-0.25, -0.2) is 0 Å². The second-order valence-electron chi connectivity index (χ2n) is 9.23. The summed E-state index contributed by atoms with van der Waals surface area (Å²) in [7, 11) is 0. The van der Waals surface area contributed by atoms with E-state index in [4.69, 9.17) is 4.74 Å². The Morgan fingerprint density at radius 3 is 2.32 bits per heavy atom. The van der Waals surface area contributed by atoms with Crippen LogP contribution >= 0.6 is 11.8 Å². The van der Waals surface area contributed by atoms with Crippen molar-refractivity contribution in [1.29, 1.82) is 0 Å². The predicted octanol–water partition coefficient (Wildman–Crippen LogP) is 0.00910. The molecule has 4 amide bonds. The summed E-state index contributed by atoms with van der Waals surface area (Å²) in [5, 5.41) is 36.7. The Balaban J connectivity index is 1.24. The number of aliphatic hydroxyl groups is 3. The van der Waals surface area contributed by atoms with Gasteiger partial charge in [0.1, 0.15) is 23.7 Å². The fourth-order valence-corrected chi connectivity index (χ4v) is 5.91. The number of amides is 4. The van der Waals surface area contributed by atoms with E-state index in [1.807, 2.05) is 12.1 Å². The van der Waals surface area contributed by atoms with E-state index in [-0.39, 0.29) is 43.0 Å². The minimum Gasteiger partial charge on any atom is -0.394 e. The Hall–Kier alpha value is -3.03. The number of rotatable bonds is 10. The summed E-state index contributed by atoms with van der Waals surface area (Å²) in [5.74, 6) is -1.08. The molecule has 5 N–H and O–H groups in total. The molecule has 2 heterocycles. The standard InChI is InChI=1S/C26H31N3O8S/c1-14(31)28-21-23(34)22(33)18(13-30)37-26(21)38-12-9-19(32)27-10-4-11-29-24(35)16-7-2-5-15-6-3-8-17(20(15)16)25(29)36/h2-3,5-8,18,21-23,26,30,33-34H,4,9-13H2,1H3,(H,27,32)(H,28,31)/t18-,21-,22-,23-,26+/m1/s1. The van der Waals surface area contributed by atoms with Crippen LogP contribution in [-0.4, -0.2) is 99.1 Å². The lowest BCUT2D eigenvalue weighted by molar-refractivity contribution is -0.173. The molecule has 2 aromatic carbocycles. The van der Waals surface area contributed by atoms with E-state index in [1.54, 1.807) is 24.3 Å². The molecule has 0 radical (unpaired) electrons. The van der Waals surface area contributed by atoms with Gasteiger partial charge in [0.05, 0.1) is 12.6 Å². The van der Waals surface area contributed by atoms with Gasteiger partial charge in [-0.1, -0.05) is 24.3 Å². The molecule has 2 aliphatic rings. The van der Waals surface area contributed by atoms with Crippen molar-refractivity contribution in [2.24, 2.45) is 0 Å². The lowest BCUT2D eigenvalue weighted by atomic mass is 9.94. The number of imide groups is 1. The van der Waals surface area contributed by atoms with E-state index in [2.05, 4.69) is 10.6 Å². The molecule has 38 heavy (non-hydrogen) atoms. The normalized spacial score (nSPS) is 24.9. The maximum absolute atomic E-state index is 12.9. The molecule has 0 aromatic heterocycles. The Bertz CT molecular complexity index is 1170. The van der Waals surface area contributed by atoms with E-state index in [9.17, 15) is 34.5 Å². The summed E-state index contributed by atoms with van der Waals surface area (Å²) < 4.78 is 5.63. The van der Waals surface area contributed by atoms with Gasteiger partial charge in [0.15, 0.2) is 0 Å². The van der Waals surface area contributed by atoms with Crippen molar-refractivity contribution in [2.75, 3.05) is 25.4 Å². The van der Waals surface area contributed by atoms with Crippen molar-refractivity contribution in [3.63, 3.8) is 0 Å². The van der Waals surface area contributed by atoms with Gasteiger partial charge in [-0.3, -0.25) is 24.1 Å². The largest absolute Gasteiger partial charge is 0.394 e. The lowest BCUT2D eigenvalue weighted by Crippen LogP contribution is -2.63. The zero-order valence-corrected chi connectivity index (χ0v) is 21.6. The molecule has 0 unspecified atom stereocenters. The van der Waals surface area contributed by atoms with Gasteiger partial charge >= 0.3 is 0 Å². The number of nitrogens with zero attached hydrogens (tertiary/aromatic N) is 1.